The molecule has 8 nitrogen and oxygen atoms in total. The lowest BCUT2D eigenvalue weighted by Crippen LogP contribution is -2.43. The van der Waals surface area contributed by atoms with Crippen LogP contribution < -0.4 is 15.4 Å². The van der Waals surface area contributed by atoms with Gasteiger partial charge in [0.25, 0.3) is 0 Å². The summed E-state index contributed by atoms with van der Waals surface area (Å²) >= 11 is 0. The lowest BCUT2D eigenvalue weighted by molar-refractivity contribution is -0.139. The second-order valence-corrected chi connectivity index (χ2v) is 3.59. The highest BCUT2D eigenvalue weighted by Gasteiger charge is 2.19. The number of aliphatic carboxylic acids is 1. The van der Waals surface area contributed by atoms with Crippen molar-refractivity contribution in [2.45, 2.75) is 12.5 Å². The van der Waals surface area contributed by atoms with Crippen LogP contribution in [0.4, 0.5) is 10.5 Å². The molecule has 0 saturated carbocycles. The van der Waals surface area contributed by atoms with Crippen molar-refractivity contribution in [2.24, 2.45) is 0 Å². The number of carbonyl (C=O) groups excluding carboxylic acids is 1. The van der Waals surface area contributed by atoms with Gasteiger partial charge in [0.2, 0.25) is 5.88 Å². The van der Waals surface area contributed by atoms with Gasteiger partial charge in [0.1, 0.15) is 6.04 Å². The van der Waals surface area contributed by atoms with Crippen molar-refractivity contribution in [1.29, 1.82) is 0 Å². The van der Waals surface area contributed by atoms with Crippen LogP contribution in [0.3, 0.4) is 0 Å². The minimum absolute atomic E-state index is 0.0659. The molecule has 104 valence electrons. The predicted octanol–water partition coefficient (Wildman–Crippen LogP) is 0.0473. The first kappa shape index (κ1) is 14.7. The van der Waals surface area contributed by atoms with Gasteiger partial charge in [-0.2, -0.15) is 0 Å². The van der Waals surface area contributed by atoms with Crippen LogP contribution >= 0.6 is 0 Å². The molecule has 1 atom stereocenters. The molecule has 1 rings (SSSR count). The number of amides is 2. The van der Waals surface area contributed by atoms with Gasteiger partial charge < -0.3 is 25.6 Å². The number of methoxy groups -OCH3 is 1. The smallest absolute Gasteiger partial charge is 0.326 e. The van der Waals surface area contributed by atoms with Crippen LogP contribution in [0.15, 0.2) is 18.3 Å². The van der Waals surface area contributed by atoms with Crippen molar-refractivity contribution in [3.63, 3.8) is 0 Å². The fourth-order valence-corrected chi connectivity index (χ4v) is 1.29. The van der Waals surface area contributed by atoms with E-state index in [0.717, 1.165) is 0 Å². The molecular weight excluding hydrogens is 254 g/mol. The van der Waals surface area contributed by atoms with E-state index in [1.165, 1.54) is 13.3 Å². The standard InChI is InChI=1S/C11H15N3O5/c1-19-9-3-2-7(6-12-9)13-11(18)14-8(4-5-15)10(16)17/h2-3,6,8,15H,4-5H2,1H3,(H,16,17)(H2,13,14,18)/t8-/m0/s1. The zero-order valence-corrected chi connectivity index (χ0v) is 10.3. The average Bonchev–Trinajstić information content (AvgIpc) is 2.39. The summed E-state index contributed by atoms with van der Waals surface area (Å²) in [7, 11) is 1.47. The molecular formula is C11H15N3O5. The molecule has 0 aliphatic heterocycles. The number of anilines is 1. The van der Waals surface area contributed by atoms with Crippen LogP contribution in [0.25, 0.3) is 0 Å². The van der Waals surface area contributed by atoms with E-state index < -0.39 is 18.0 Å². The molecule has 0 bridgehead atoms. The Hall–Kier alpha value is -2.35. The van der Waals surface area contributed by atoms with E-state index in [2.05, 4.69) is 15.6 Å². The molecule has 0 radical (unpaired) electrons. The number of ether oxygens (including phenoxy) is 1. The summed E-state index contributed by atoms with van der Waals surface area (Å²) in [6, 6.07) is 1.29. The zero-order valence-electron chi connectivity index (χ0n) is 10.3. The van der Waals surface area contributed by atoms with Gasteiger partial charge in [-0.15, -0.1) is 0 Å². The number of aliphatic hydroxyl groups excluding tert-OH is 1. The first-order valence-corrected chi connectivity index (χ1v) is 5.48. The number of aliphatic hydroxyl groups is 1. The van der Waals surface area contributed by atoms with Crippen molar-refractivity contribution in [2.75, 3.05) is 19.0 Å². The molecule has 8 heteroatoms. The topological polar surface area (TPSA) is 121 Å². The third kappa shape index (κ3) is 4.80. The van der Waals surface area contributed by atoms with Crippen molar-refractivity contribution in [1.82, 2.24) is 10.3 Å². The fraction of sp³-hybridized carbons (Fsp3) is 0.364. The number of carboxylic acids is 1. The number of nitrogens with zero attached hydrogens (tertiary/aromatic N) is 1. The van der Waals surface area contributed by atoms with Gasteiger partial charge in [0, 0.05) is 19.1 Å². The predicted molar refractivity (Wildman–Crippen MR) is 66.1 cm³/mol. The van der Waals surface area contributed by atoms with E-state index in [1.807, 2.05) is 0 Å². The molecule has 0 aliphatic carbocycles. The summed E-state index contributed by atoms with van der Waals surface area (Å²) in [5, 5.41) is 22.1. The third-order valence-corrected chi connectivity index (χ3v) is 2.22. The van der Waals surface area contributed by atoms with Crippen LogP contribution in [0, 0.1) is 0 Å². The number of rotatable bonds is 6. The molecule has 0 aromatic carbocycles. The lowest BCUT2D eigenvalue weighted by Gasteiger charge is -2.13. The molecule has 0 saturated heterocycles. The van der Waals surface area contributed by atoms with E-state index in [1.54, 1.807) is 12.1 Å². The molecule has 0 unspecified atom stereocenters. The van der Waals surface area contributed by atoms with Crippen LogP contribution in [0.5, 0.6) is 5.88 Å². The molecule has 1 aromatic heterocycles. The fourth-order valence-electron chi connectivity index (χ4n) is 1.29. The third-order valence-electron chi connectivity index (χ3n) is 2.22. The van der Waals surface area contributed by atoms with E-state index >= 15 is 0 Å². The minimum atomic E-state index is -1.21. The monoisotopic (exact) mass is 269 g/mol. The Bertz CT molecular complexity index is 434. The maximum Gasteiger partial charge on any atom is 0.326 e. The Balaban J connectivity index is 2.55. The number of pyridine rings is 1. The summed E-state index contributed by atoms with van der Waals surface area (Å²) in [6.07, 6.45) is 1.31. The maximum absolute atomic E-state index is 11.5. The van der Waals surface area contributed by atoms with E-state index in [-0.39, 0.29) is 13.0 Å². The Labute approximate surface area is 109 Å². The van der Waals surface area contributed by atoms with Crippen molar-refractivity contribution < 1.29 is 24.5 Å². The molecule has 19 heavy (non-hydrogen) atoms. The van der Waals surface area contributed by atoms with Crippen LogP contribution in [0.2, 0.25) is 0 Å². The van der Waals surface area contributed by atoms with Gasteiger partial charge in [0.05, 0.1) is 19.0 Å². The number of nitrogens with one attached hydrogen (secondary N) is 2. The largest absolute Gasteiger partial charge is 0.481 e. The van der Waals surface area contributed by atoms with Crippen LogP contribution in [-0.2, 0) is 4.79 Å². The number of carbonyl (C=O) groups is 2. The van der Waals surface area contributed by atoms with Crippen molar-refractivity contribution >= 4 is 17.7 Å². The lowest BCUT2D eigenvalue weighted by atomic mass is 10.2. The Morgan fingerprint density at radius 1 is 1.47 bits per heavy atom. The molecule has 0 spiro atoms. The SMILES string of the molecule is COc1ccc(NC(=O)N[C@@H](CCO)C(=O)O)cn1. The Morgan fingerprint density at radius 2 is 2.21 bits per heavy atom. The van der Waals surface area contributed by atoms with Gasteiger partial charge in [-0.25, -0.2) is 14.6 Å². The highest BCUT2D eigenvalue weighted by Crippen LogP contribution is 2.10. The first-order chi connectivity index (χ1) is 9.06. The number of urea groups is 1. The highest BCUT2D eigenvalue weighted by atomic mass is 16.5. The number of carboxylic acid groups (broad SMARTS) is 1. The normalized spacial score (nSPS) is 11.5. The Kier molecular flexibility index (Phi) is 5.55. The second-order valence-electron chi connectivity index (χ2n) is 3.59. The van der Waals surface area contributed by atoms with Gasteiger partial charge in [-0.05, 0) is 6.07 Å². The number of aromatic nitrogens is 1. The molecule has 1 aromatic rings. The van der Waals surface area contributed by atoms with Gasteiger partial charge in [-0.1, -0.05) is 0 Å². The van der Waals surface area contributed by atoms with E-state index in [9.17, 15) is 9.59 Å². The van der Waals surface area contributed by atoms with Crippen molar-refractivity contribution in [3.05, 3.63) is 18.3 Å². The Morgan fingerprint density at radius 3 is 2.68 bits per heavy atom. The molecule has 0 aliphatic rings. The quantitative estimate of drug-likeness (QED) is 0.579. The van der Waals surface area contributed by atoms with Gasteiger partial charge in [-0.3, -0.25) is 0 Å². The molecule has 0 fully saturated rings. The molecule has 1 heterocycles. The number of hydrogen-bond acceptors (Lipinski definition) is 5. The molecule has 2 amide bonds. The van der Waals surface area contributed by atoms with Crippen molar-refractivity contribution in [3.8, 4) is 5.88 Å². The minimum Gasteiger partial charge on any atom is -0.481 e. The van der Waals surface area contributed by atoms with Crippen LogP contribution in [0.1, 0.15) is 6.42 Å². The summed E-state index contributed by atoms with van der Waals surface area (Å²) < 4.78 is 4.86. The van der Waals surface area contributed by atoms with Crippen LogP contribution in [-0.4, -0.2) is 47.0 Å². The zero-order chi connectivity index (χ0) is 14.3. The summed E-state index contributed by atoms with van der Waals surface area (Å²) in [5.74, 6) is -0.813. The first-order valence-electron chi connectivity index (χ1n) is 5.48. The summed E-state index contributed by atoms with van der Waals surface area (Å²) in [5.41, 5.74) is 0.395. The summed E-state index contributed by atoms with van der Waals surface area (Å²) in [6.45, 7) is -0.332. The number of hydrogen-bond donors (Lipinski definition) is 4. The molecule has 4 N–H and O–H groups in total. The van der Waals surface area contributed by atoms with E-state index in [4.69, 9.17) is 14.9 Å². The maximum atomic E-state index is 11.5. The summed E-state index contributed by atoms with van der Waals surface area (Å²) in [4.78, 5) is 26.2. The average molecular weight is 269 g/mol. The highest BCUT2D eigenvalue weighted by molar-refractivity contribution is 5.92. The van der Waals surface area contributed by atoms with E-state index in [0.29, 0.717) is 11.6 Å². The van der Waals surface area contributed by atoms with Gasteiger partial charge >= 0.3 is 12.0 Å². The second kappa shape index (κ2) is 7.17. The van der Waals surface area contributed by atoms with Gasteiger partial charge in [0.15, 0.2) is 0 Å².